The number of carbonyl (C=O) groups excluding carboxylic acids is 1. The van der Waals surface area contributed by atoms with Gasteiger partial charge < -0.3 is 5.32 Å². The largest absolute Gasteiger partial charge is 0.345 e. The summed E-state index contributed by atoms with van der Waals surface area (Å²) in [7, 11) is 0. The first-order valence-electron chi connectivity index (χ1n) is 6.27. The number of amides is 1. The van der Waals surface area contributed by atoms with Gasteiger partial charge in [0.05, 0.1) is 16.6 Å². The van der Waals surface area contributed by atoms with Gasteiger partial charge in [0.1, 0.15) is 0 Å². The molecule has 1 aromatic heterocycles. The summed E-state index contributed by atoms with van der Waals surface area (Å²) in [5.74, 6) is -0.241. The summed E-state index contributed by atoms with van der Waals surface area (Å²) in [5.41, 5.74) is 1.34. The minimum Gasteiger partial charge on any atom is -0.345 e. The van der Waals surface area contributed by atoms with Crippen molar-refractivity contribution in [1.29, 1.82) is 0 Å². The average Bonchev–Trinajstić information content (AvgIpc) is 2.45. The molecule has 1 aromatic carbocycles. The zero-order valence-corrected chi connectivity index (χ0v) is 12.4. The summed E-state index contributed by atoms with van der Waals surface area (Å²) in [6.45, 7) is 2.00. The van der Waals surface area contributed by atoms with E-state index in [1.165, 1.54) is 6.20 Å². The van der Waals surface area contributed by atoms with Crippen molar-refractivity contribution >= 4 is 29.1 Å². The molecule has 0 aliphatic rings. The molecule has 3 nitrogen and oxygen atoms in total. The molecule has 0 aliphatic heterocycles. The van der Waals surface area contributed by atoms with Gasteiger partial charge in [-0.2, -0.15) is 0 Å². The van der Waals surface area contributed by atoms with E-state index in [1.807, 2.05) is 25.1 Å². The van der Waals surface area contributed by atoms with E-state index in [-0.39, 0.29) is 11.9 Å². The predicted octanol–water partition coefficient (Wildman–Crippen LogP) is 4.27. The van der Waals surface area contributed by atoms with E-state index >= 15 is 0 Å². The van der Waals surface area contributed by atoms with Gasteiger partial charge in [-0.15, -0.1) is 0 Å². The van der Waals surface area contributed by atoms with E-state index in [9.17, 15) is 4.79 Å². The maximum Gasteiger partial charge on any atom is 0.254 e. The Hall–Kier alpha value is -1.58. The van der Waals surface area contributed by atoms with E-state index in [2.05, 4.69) is 10.3 Å². The van der Waals surface area contributed by atoms with Crippen molar-refractivity contribution in [3.05, 3.63) is 63.9 Å². The number of hydrogen-bond acceptors (Lipinski definition) is 2. The van der Waals surface area contributed by atoms with Crippen LogP contribution in [0.5, 0.6) is 0 Å². The van der Waals surface area contributed by atoms with E-state index in [1.54, 1.807) is 18.3 Å². The van der Waals surface area contributed by atoms with E-state index in [0.717, 1.165) is 12.0 Å². The topological polar surface area (TPSA) is 42.0 Å². The van der Waals surface area contributed by atoms with Crippen LogP contribution in [0.25, 0.3) is 0 Å². The van der Waals surface area contributed by atoms with Crippen molar-refractivity contribution in [1.82, 2.24) is 10.3 Å². The van der Waals surface area contributed by atoms with Crippen LogP contribution in [-0.2, 0) is 0 Å². The highest BCUT2D eigenvalue weighted by Crippen LogP contribution is 2.22. The minimum absolute atomic E-state index is 0.113. The Morgan fingerprint density at radius 2 is 2.15 bits per heavy atom. The number of nitrogens with one attached hydrogen (secondary N) is 1. The molecule has 1 heterocycles. The standard InChI is InChI=1S/C15H14Cl2N2O/c1-2-14(10-4-3-5-11(16)8-10)19-15(20)12-9-18-7-6-13(12)17/h3-9,14H,2H2,1H3,(H,19,20). The third-order valence-electron chi connectivity index (χ3n) is 2.98. The Labute approximate surface area is 127 Å². The Morgan fingerprint density at radius 1 is 1.35 bits per heavy atom. The van der Waals surface area contributed by atoms with Gasteiger partial charge in [0.15, 0.2) is 0 Å². The summed E-state index contributed by atoms with van der Waals surface area (Å²) in [5, 5.41) is 3.98. The lowest BCUT2D eigenvalue weighted by Crippen LogP contribution is -2.28. The number of pyridine rings is 1. The zero-order valence-electron chi connectivity index (χ0n) is 10.9. The smallest absolute Gasteiger partial charge is 0.254 e. The van der Waals surface area contributed by atoms with Gasteiger partial charge in [-0.25, -0.2) is 0 Å². The predicted molar refractivity (Wildman–Crippen MR) is 81.2 cm³/mol. The first-order valence-corrected chi connectivity index (χ1v) is 7.03. The van der Waals surface area contributed by atoms with Crippen molar-refractivity contribution in [3.63, 3.8) is 0 Å². The van der Waals surface area contributed by atoms with Crippen molar-refractivity contribution in [2.75, 3.05) is 0 Å². The highest BCUT2D eigenvalue weighted by Gasteiger charge is 2.16. The number of hydrogen-bond donors (Lipinski definition) is 1. The lowest BCUT2D eigenvalue weighted by Gasteiger charge is -2.18. The molecular weight excluding hydrogens is 295 g/mol. The van der Waals surface area contributed by atoms with Crippen molar-refractivity contribution in [2.45, 2.75) is 19.4 Å². The van der Waals surface area contributed by atoms with Crippen LogP contribution in [0, 0.1) is 0 Å². The molecule has 1 amide bonds. The number of rotatable bonds is 4. The van der Waals surface area contributed by atoms with Crippen molar-refractivity contribution in [2.24, 2.45) is 0 Å². The Bertz CT molecular complexity index is 616. The molecule has 1 N–H and O–H groups in total. The molecule has 5 heteroatoms. The van der Waals surface area contributed by atoms with Gasteiger partial charge in [-0.3, -0.25) is 9.78 Å². The van der Waals surface area contributed by atoms with Gasteiger partial charge in [0.2, 0.25) is 0 Å². The monoisotopic (exact) mass is 308 g/mol. The number of halogens is 2. The van der Waals surface area contributed by atoms with E-state index < -0.39 is 0 Å². The quantitative estimate of drug-likeness (QED) is 0.916. The molecule has 20 heavy (non-hydrogen) atoms. The summed E-state index contributed by atoms with van der Waals surface area (Å²) in [4.78, 5) is 16.1. The molecule has 0 radical (unpaired) electrons. The van der Waals surface area contributed by atoms with Gasteiger partial charge in [0, 0.05) is 17.4 Å². The highest BCUT2D eigenvalue weighted by atomic mass is 35.5. The fourth-order valence-corrected chi connectivity index (χ4v) is 2.31. The van der Waals surface area contributed by atoms with E-state index in [0.29, 0.717) is 15.6 Å². The molecule has 1 unspecified atom stereocenters. The number of nitrogens with zero attached hydrogens (tertiary/aromatic N) is 1. The van der Waals surface area contributed by atoms with Crippen molar-refractivity contribution < 1.29 is 4.79 Å². The Kier molecular flexibility index (Phi) is 4.99. The van der Waals surface area contributed by atoms with Gasteiger partial charge in [0.25, 0.3) is 5.91 Å². The maximum absolute atomic E-state index is 12.2. The molecule has 1 atom stereocenters. The van der Waals surface area contributed by atoms with Crippen LogP contribution >= 0.6 is 23.2 Å². The van der Waals surface area contributed by atoms with Crippen LogP contribution < -0.4 is 5.32 Å². The molecule has 0 saturated carbocycles. The Morgan fingerprint density at radius 3 is 2.80 bits per heavy atom. The maximum atomic E-state index is 12.2. The van der Waals surface area contributed by atoms with Crippen LogP contribution in [0.15, 0.2) is 42.7 Å². The molecule has 0 saturated heterocycles. The second-order valence-electron chi connectivity index (χ2n) is 4.34. The second kappa shape index (κ2) is 6.73. The summed E-state index contributed by atoms with van der Waals surface area (Å²) in [6, 6.07) is 8.93. The molecule has 0 aliphatic carbocycles. The lowest BCUT2D eigenvalue weighted by molar-refractivity contribution is 0.0935. The SMILES string of the molecule is CCC(NC(=O)c1cnccc1Cl)c1cccc(Cl)c1. The number of aromatic nitrogens is 1. The van der Waals surface area contributed by atoms with Crippen LogP contribution in [0.4, 0.5) is 0 Å². The fourth-order valence-electron chi connectivity index (χ4n) is 1.93. The molecule has 0 spiro atoms. The summed E-state index contributed by atoms with van der Waals surface area (Å²) >= 11 is 12.0. The van der Waals surface area contributed by atoms with Gasteiger partial charge >= 0.3 is 0 Å². The van der Waals surface area contributed by atoms with Crippen LogP contribution in [-0.4, -0.2) is 10.9 Å². The fraction of sp³-hybridized carbons (Fsp3) is 0.200. The molecule has 0 bridgehead atoms. The summed E-state index contributed by atoms with van der Waals surface area (Å²) < 4.78 is 0. The molecule has 2 aromatic rings. The normalized spacial score (nSPS) is 11.9. The first-order chi connectivity index (χ1) is 9.61. The van der Waals surface area contributed by atoms with Crippen LogP contribution in [0.1, 0.15) is 35.3 Å². The third-order valence-corrected chi connectivity index (χ3v) is 3.54. The van der Waals surface area contributed by atoms with Crippen LogP contribution in [0.2, 0.25) is 10.0 Å². The molecule has 0 fully saturated rings. The molecular formula is C15H14Cl2N2O. The average molecular weight is 309 g/mol. The first kappa shape index (κ1) is 14.8. The van der Waals surface area contributed by atoms with Crippen LogP contribution in [0.3, 0.4) is 0 Å². The number of carbonyl (C=O) groups is 1. The van der Waals surface area contributed by atoms with E-state index in [4.69, 9.17) is 23.2 Å². The number of benzene rings is 1. The zero-order chi connectivity index (χ0) is 14.5. The van der Waals surface area contributed by atoms with Crippen molar-refractivity contribution in [3.8, 4) is 0 Å². The third kappa shape index (κ3) is 3.50. The lowest BCUT2D eigenvalue weighted by atomic mass is 10.0. The van der Waals surface area contributed by atoms with Gasteiger partial charge in [-0.05, 0) is 30.2 Å². The minimum atomic E-state index is -0.241. The second-order valence-corrected chi connectivity index (χ2v) is 5.19. The Balaban J connectivity index is 2.19. The molecule has 104 valence electrons. The highest BCUT2D eigenvalue weighted by molar-refractivity contribution is 6.33. The summed E-state index contributed by atoms with van der Waals surface area (Å²) in [6.07, 6.45) is 3.76. The molecule has 2 rings (SSSR count). The van der Waals surface area contributed by atoms with Gasteiger partial charge in [-0.1, -0.05) is 42.3 Å².